The molecule has 0 aromatic heterocycles. The number of amides is 1. The summed E-state index contributed by atoms with van der Waals surface area (Å²) in [5, 5.41) is 14.1. The van der Waals surface area contributed by atoms with Gasteiger partial charge in [0.1, 0.15) is 5.75 Å². The zero-order chi connectivity index (χ0) is 19.9. The Labute approximate surface area is 164 Å². The lowest BCUT2D eigenvalue weighted by Gasteiger charge is -2.21. The number of unbranched alkanes of at least 4 members (excludes halogenated alkanes) is 7. The molecule has 0 unspecified atom stereocenters. The fourth-order valence-corrected chi connectivity index (χ4v) is 3.08. The number of aromatic hydroxyl groups is 1. The van der Waals surface area contributed by atoms with Crippen LogP contribution in [0.3, 0.4) is 0 Å². The van der Waals surface area contributed by atoms with E-state index >= 15 is 0 Å². The minimum Gasteiger partial charge on any atom is -0.507 e. The highest BCUT2D eigenvalue weighted by atomic mass is 16.3. The van der Waals surface area contributed by atoms with Crippen LogP contribution in [0.15, 0.2) is 23.3 Å². The van der Waals surface area contributed by atoms with E-state index in [1.807, 2.05) is 12.1 Å². The van der Waals surface area contributed by atoms with Gasteiger partial charge in [0.2, 0.25) is 5.91 Å². The van der Waals surface area contributed by atoms with Crippen LogP contribution in [-0.4, -0.2) is 30.3 Å². The lowest BCUT2D eigenvalue weighted by atomic mass is 10.1. The Kier molecular flexibility index (Phi) is 12.0. The Balaban J connectivity index is 2.28. The SMILES string of the molecule is CCCCCCCCCCC(=O)N/N=C/c1ccc(N(CC)CC)cc1O. The first kappa shape index (κ1) is 23.0. The molecule has 0 aliphatic rings. The molecule has 0 fully saturated rings. The van der Waals surface area contributed by atoms with E-state index < -0.39 is 0 Å². The number of carbonyl (C=O) groups is 1. The van der Waals surface area contributed by atoms with Gasteiger partial charge < -0.3 is 10.0 Å². The Morgan fingerprint density at radius 3 is 2.26 bits per heavy atom. The predicted molar refractivity (Wildman–Crippen MR) is 115 cm³/mol. The van der Waals surface area contributed by atoms with Crippen LogP contribution in [0.2, 0.25) is 0 Å². The summed E-state index contributed by atoms with van der Waals surface area (Å²) in [6.45, 7) is 8.16. The van der Waals surface area contributed by atoms with Crippen molar-refractivity contribution in [1.82, 2.24) is 5.43 Å². The third-order valence-electron chi connectivity index (χ3n) is 4.79. The zero-order valence-electron chi connectivity index (χ0n) is 17.3. The number of hydrogen-bond donors (Lipinski definition) is 2. The number of hydrazone groups is 1. The maximum absolute atomic E-state index is 11.8. The molecule has 5 heteroatoms. The van der Waals surface area contributed by atoms with E-state index in [0.29, 0.717) is 12.0 Å². The van der Waals surface area contributed by atoms with Gasteiger partial charge in [0.25, 0.3) is 0 Å². The average molecular weight is 376 g/mol. The number of phenolic OH excluding ortho intramolecular Hbond substituents is 1. The third-order valence-corrected chi connectivity index (χ3v) is 4.79. The van der Waals surface area contributed by atoms with Gasteiger partial charge in [-0.15, -0.1) is 0 Å². The molecule has 2 N–H and O–H groups in total. The zero-order valence-corrected chi connectivity index (χ0v) is 17.3. The van der Waals surface area contributed by atoms with E-state index in [0.717, 1.165) is 31.6 Å². The van der Waals surface area contributed by atoms with Gasteiger partial charge in [-0.1, -0.05) is 51.9 Å². The van der Waals surface area contributed by atoms with Crippen LogP contribution in [0.25, 0.3) is 0 Å². The standard InChI is InChI=1S/C22H37N3O2/c1-4-7-8-9-10-11-12-13-14-22(27)24-23-18-19-15-16-20(17-21(19)26)25(5-2)6-3/h15-18,26H,4-14H2,1-3H3,(H,24,27)/b23-18+. The molecule has 0 atom stereocenters. The van der Waals surface area contributed by atoms with Crippen LogP contribution >= 0.6 is 0 Å². The van der Waals surface area contributed by atoms with Gasteiger partial charge in [0.05, 0.1) is 6.21 Å². The number of carbonyl (C=O) groups excluding carboxylic acids is 1. The quantitative estimate of drug-likeness (QED) is 0.266. The van der Waals surface area contributed by atoms with Crippen LogP contribution in [0, 0.1) is 0 Å². The van der Waals surface area contributed by atoms with Crippen LogP contribution in [0.5, 0.6) is 5.75 Å². The highest BCUT2D eigenvalue weighted by Crippen LogP contribution is 2.23. The largest absolute Gasteiger partial charge is 0.507 e. The van der Waals surface area contributed by atoms with Gasteiger partial charge in [-0.3, -0.25) is 4.79 Å². The molecule has 0 saturated heterocycles. The molecule has 0 spiro atoms. The van der Waals surface area contributed by atoms with E-state index in [1.165, 1.54) is 44.7 Å². The molecule has 1 aromatic carbocycles. The van der Waals surface area contributed by atoms with Crippen molar-refractivity contribution in [3.8, 4) is 5.75 Å². The lowest BCUT2D eigenvalue weighted by molar-refractivity contribution is -0.121. The molecule has 0 radical (unpaired) electrons. The second kappa shape index (κ2) is 14.1. The number of nitrogens with zero attached hydrogens (tertiary/aromatic N) is 2. The number of nitrogens with one attached hydrogen (secondary N) is 1. The third kappa shape index (κ3) is 9.45. The highest BCUT2D eigenvalue weighted by molar-refractivity contribution is 5.86. The summed E-state index contributed by atoms with van der Waals surface area (Å²) in [4.78, 5) is 14.0. The Bertz CT molecular complexity index is 569. The first-order chi connectivity index (χ1) is 13.1. The summed E-state index contributed by atoms with van der Waals surface area (Å²) in [6.07, 6.45) is 11.7. The van der Waals surface area contributed by atoms with Gasteiger partial charge in [0.15, 0.2) is 0 Å². The summed E-state index contributed by atoms with van der Waals surface area (Å²) >= 11 is 0. The van der Waals surface area contributed by atoms with E-state index in [9.17, 15) is 9.90 Å². The molecule has 1 amide bonds. The van der Waals surface area contributed by atoms with Crippen molar-refractivity contribution in [2.24, 2.45) is 5.10 Å². The number of rotatable bonds is 14. The summed E-state index contributed by atoms with van der Waals surface area (Å²) in [6, 6.07) is 5.50. The second-order valence-electron chi connectivity index (χ2n) is 6.93. The smallest absolute Gasteiger partial charge is 0.240 e. The molecule has 1 aromatic rings. The van der Waals surface area contributed by atoms with Gasteiger partial charge in [-0.2, -0.15) is 5.10 Å². The fourth-order valence-electron chi connectivity index (χ4n) is 3.08. The van der Waals surface area contributed by atoms with Crippen LogP contribution in [-0.2, 0) is 4.79 Å². The molecule has 1 rings (SSSR count). The van der Waals surface area contributed by atoms with Crippen molar-refractivity contribution in [3.05, 3.63) is 23.8 Å². The van der Waals surface area contributed by atoms with E-state index in [-0.39, 0.29) is 11.7 Å². The van der Waals surface area contributed by atoms with E-state index in [2.05, 4.69) is 36.2 Å². The maximum Gasteiger partial charge on any atom is 0.240 e. The Morgan fingerprint density at radius 2 is 1.67 bits per heavy atom. The highest BCUT2D eigenvalue weighted by Gasteiger charge is 2.06. The minimum absolute atomic E-state index is 0.0727. The van der Waals surface area contributed by atoms with Gasteiger partial charge in [0, 0.05) is 36.8 Å². The van der Waals surface area contributed by atoms with Crippen LogP contribution < -0.4 is 10.3 Å². The summed E-state index contributed by atoms with van der Waals surface area (Å²) < 4.78 is 0. The molecule has 5 nitrogen and oxygen atoms in total. The summed E-state index contributed by atoms with van der Waals surface area (Å²) in [5.41, 5.74) is 4.12. The lowest BCUT2D eigenvalue weighted by Crippen LogP contribution is -2.21. The first-order valence-electron chi connectivity index (χ1n) is 10.5. The van der Waals surface area contributed by atoms with Crippen molar-refractivity contribution in [2.75, 3.05) is 18.0 Å². The molecule has 0 heterocycles. The molecular formula is C22H37N3O2. The van der Waals surface area contributed by atoms with Crippen LogP contribution in [0.4, 0.5) is 5.69 Å². The fraction of sp³-hybridized carbons (Fsp3) is 0.636. The molecule has 152 valence electrons. The Morgan fingerprint density at radius 1 is 1.04 bits per heavy atom. The van der Waals surface area contributed by atoms with Crippen molar-refractivity contribution in [1.29, 1.82) is 0 Å². The average Bonchev–Trinajstić information content (AvgIpc) is 2.66. The van der Waals surface area contributed by atoms with E-state index in [1.54, 1.807) is 6.07 Å². The van der Waals surface area contributed by atoms with E-state index in [4.69, 9.17) is 0 Å². The second-order valence-corrected chi connectivity index (χ2v) is 6.93. The van der Waals surface area contributed by atoms with Crippen molar-refractivity contribution in [3.63, 3.8) is 0 Å². The molecular weight excluding hydrogens is 338 g/mol. The molecule has 27 heavy (non-hydrogen) atoms. The number of phenols is 1. The topological polar surface area (TPSA) is 64.9 Å². The van der Waals surface area contributed by atoms with Gasteiger partial charge >= 0.3 is 0 Å². The van der Waals surface area contributed by atoms with Gasteiger partial charge in [-0.05, 0) is 32.4 Å². The summed E-state index contributed by atoms with van der Waals surface area (Å²) in [7, 11) is 0. The molecule has 0 aliphatic heterocycles. The number of anilines is 1. The Hall–Kier alpha value is -2.04. The monoisotopic (exact) mass is 375 g/mol. The molecule has 0 aliphatic carbocycles. The van der Waals surface area contributed by atoms with Gasteiger partial charge in [-0.25, -0.2) is 5.43 Å². The van der Waals surface area contributed by atoms with Crippen LogP contribution in [0.1, 0.15) is 84.1 Å². The minimum atomic E-state index is -0.0727. The van der Waals surface area contributed by atoms with Crippen molar-refractivity contribution < 1.29 is 9.90 Å². The first-order valence-corrected chi connectivity index (χ1v) is 10.5. The predicted octanol–water partition coefficient (Wildman–Crippen LogP) is 5.22. The summed E-state index contributed by atoms with van der Waals surface area (Å²) in [5.74, 6) is 0.0944. The number of benzene rings is 1. The van der Waals surface area contributed by atoms with Crippen molar-refractivity contribution >= 4 is 17.8 Å². The van der Waals surface area contributed by atoms with Crippen molar-refractivity contribution in [2.45, 2.75) is 78.6 Å². The number of hydrogen-bond acceptors (Lipinski definition) is 4. The molecule has 0 saturated carbocycles. The maximum atomic E-state index is 11.8. The normalized spacial score (nSPS) is 11.1. The molecule has 0 bridgehead atoms.